The Labute approximate surface area is 94.0 Å². The van der Waals surface area contributed by atoms with Crippen LogP contribution < -0.4 is 0 Å². The largest absolute Gasteiger partial charge is 0.379 e. The molecule has 0 radical (unpaired) electrons. The number of rotatable bonds is 7. The summed E-state index contributed by atoms with van der Waals surface area (Å²) in [4.78, 5) is 0. The Kier molecular flexibility index (Phi) is 5.93. The molecule has 0 unspecified atom stereocenters. The van der Waals surface area contributed by atoms with Gasteiger partial charge in [-0.15, -0.1) is 6.42 Å². The summed E-state index contributed by atoms with van der Waals surface area (Å²) in [5, 5.41) is 9.65. The van der Waals surface area contributed by atoms with Crippen LogP contribution >= 0.6 is 0 Å². The third kappa shape index (κ3) is 5.81. The normalized spacial score (nSPS) is 18.9. The molecule has 0 aromatic rings. The summed E-state index contributed by atoms with van der Waals surface area (Å²) in [5.74, 6) is 2.39. The van der Waals surface area contributed by atoms with E-state index in [0.717, 1.165) is 25.7 Å². The minimum atomic E-state index is -0.971. The van der Waals surface area contributed by atoms with E-state index in [2.05, 4.69) is 19.8 Å². The molecule has 0 aliphatic carbocycles. The number of aliphatic hydroxyl groups is 1. The summed E-state index contributed by atoms with van der Waals surface area (Å²) < 4.78 is 5.49. The van der Waals surface area contributed by atoms with Crippen LogP contribution in [0.15, 0.2) is 0 Å². The predicted molar refractivity (Wildman–Crippen MR) is 63.6 cm³/mol. The fourth-order valence-corrected chi connectivity index (χ4v) is 1.74. The highest BCUT2D eigenvalue weighted by molar-refractivity contribution is 5.04. The number of terminal acetylenes is 1. The second kappa shape index (κ2) is 6.15. The summed E-state index contributed by atoms with van der Waals surface area (Å²) >= 11 is 0. The van der Waals surface area contributed by atoms with Crippen LogP contribution in [0.5, 0.6) is 0 Å². The van der Waals surface area contributed by atoms with Crippen LogP contribution in [-0.2, 0) is 4.74 Å². The summed E-state index contributed by atoms with van der Waals surface area (Å²) in [7, 11) is 1.75. The van der Waals surface area contributed by atoms with Crippen LogP contribution in [0.3, 0.4) is 0 Å². The Morgan fingerprint density at radius 3 is 2.27 bits per heavy atom. The van der Waals surface area contributed by atoms with Crippen molar-refractivity contribution in [3.63, 3.8) is 0 Å². The van der Waals surface area contributed by atoms with E-state index in [-0.39, 0.29) is 5.60 Å². The number of methoxy groups -OCH3 is 1. The van der Waals surface area contributed by atoms with Crippen molar-refractivity contribution < 1.29 is 9.84 Å². The number of ether oxygens (including phenoxy) is 1. The zero-order chi connectivity index (χ0) is 11.9. The van der Waals surface area contributed by atoms with Gasteiger partial charge in [0.25, 0.3) is 0 Å². The molecule has 0 amide bonds. The van der Waals surface area contributed by atoms with Crippen molar-refractivity contribution in [3.8, 4) is 12.3 Å². The van der Waals surface area contributed by atoms with E-state index in [1.807, 2.05) is 0 Å². The van der Waals surface area contributed by atoms with Crippen molar-refractivity contribution in [2.75, 3.05) is 7.11 Å². The molecule has 0 rings (SSSR count). The van der Waals surface area contributed by atoms with E-state index < -0.39 is 5.60 Å². The van der Waals surface area contributed by atoms with Gasteiger partial charge in [-0.25, -0.2) is 0 Å². The molecule has 1 N–H and O–H groups in total. The smallest absolute Gasteiger partial charge is 0.122 e. The quantitative estimate of drug-likeness (QED) is 0.657. The highest BCUT2D eigenvalue weighted by atomic mass is 16.5. The fraction of sp³-hybridized carbons (Fsp3) is 0.846. The molecule has 15 heavy (non-hydrogen) atoms. The van der Waals surface area contributed by atoms with Gasteiger partial charge in [-0.3, -0.25) is 0 Å². The Hall–Kier alpha value is -0.520. The highest BCUT2D eigenvalue weighted by Gasteiger charge is 2.24. The Bertz CT molecular complexity index is 215. The van der Waals surface area contributed by atoms with Gasteiger partial charge in [0.1, 0.15) is 5.60 Å². The predicted octanol–water partition coefficient (Wildman–Crippen LogP) is 2.75. The minimum absolute atomic E-state index is 0.0700. The molecule has 0 aliphatic rings. The van der Waals surface area contributed by atoms with E-state index in [9.17, 15) is 5.11 Å². The Morgan fingerprint density at radius 2 is 1.87 bits per heavy atom. The molecule has 0 fully saturated rings. The zero-order valence-electron chi connectivity index (χ0n) is 10.5. The third-order valence-electron chi connectivity index (χ3n) is 2.95. The van der Waals surface area contributed by atoms with E-state index in [0.29, 0.717) is 6.42 Å². The summed E-state index contributed by atoms with van der Waals surface area (Å²) in [5.41, 5.74) is -1.04. The van der Waals surface area contributed by atoms with Gasteiger partial charge >= 0.3 is 0 Å². The van der Waals surface area contributed by atoms with Gasteiger partial charge in [0.2, 0.25) is 0 Å². The molecule has 0 bridgehead atoms. The number of hydrogen-bond acceptors (Lipinski definition) is 2. The fourth-order valence-electron chi connectivity index (χ4n) is 1.74. The molecule has 0 heterocycles. The molecule has 0 saturated carbocycles. The monoisotopic (exact) mass is 212 g/mol. The first kappa shape index (κ1) is 14.5. The molecular formula is C13H24O2. The van der Waals surface area contributed by atoms with Crippen molar-refractivity contribution in [1.82, 2.24) is 0 Å². The number of hydrogen-bond donors (Lipinski definition) is 1. The Balaban J connectivity index is 3.98. The lowest BCUT2D eigenvalue weighted by Gasteiger charge is -2.28. The first-order valence-electron chi connectivity index (χ1n) is 5.64. The summed E-state index contributed by atoms with van der Waals surface area (Å²) in [6.07, 6.45) is 9.83. The molecule has 2 nitrogen and oxygen atoms in total. The third-order valence-corrected chi connectivity index (χ3v) is 2.95. The van der Waals surface area contributed by atoms with E-state index in [4.69, 9.17) is 11.2 Å². The van der Waals surface area contributed by atoms with Crippen molar-refractivity contribution in [3.05, 3.63) is 0 Å². The van der Waals surface area contributed by atoms with Gasteiger partial charge in [0.15, 0.2) is 0 Å². The molecule has 88 valence electrons. The van der Waals surface area contributed by atoms with Gasteiger partial charge in [0, 0.05) is 7.11 Å². The summed E-state index contributed by atoms with van der Waals surface area (Å²) in [6, 6.07) is 0. The van der Waals surface area contributed by atoms with E-state index in [1.54, 1.807) is 14.0 Å². The van der Waals surface area contributed by atoms with Crippen LogP contribution in [0.25, 0.3) is 0 Å². The van der Waals surface area contributed by atoms with Crippen LogP contribution in [0.4, 0.5) is 0 Å². The van der Waals surface area contributed by atoms with Gasteiger partial charge in [-0.05, 0) is 39.5 Å². The Morgan fingerprint density at radius 1 is 1.27 bits per heavy atom. The molecule has 0 aromatic heterocycles. The highest BCUT2D eigenvalue weighted by Crippen LogP contribution is 2.25. The first-order chi connectivity index (χ1) is 6.89. The van der Waals surface area contributed by atoms with E-state index >= 15 is 0 Å². The standard InChI is InChI=1S/C13H24O2/c1-6-9-13(4,15-5)11-8-10-12(3,14)7-2/h2,14H,6,8-11H2,1,3-5H3/t12-,13-/m0/s1. The maximum absolute atomic E-state index is 9.65. The van der Waals surface area contributed by atoms with Crippen molar-refractivity contribution in [2.24, 2.45) is 0 Å². The molecule has 0 aromatic carbocycles. The molecule has 0 aliphatic heterocycles. The zero-order valence-corrected chi connectivity index (χ0v) is 10.5. The first-order valence-corrected chi connectivity index (χ1v) is 5.64. The lowest BCUT2D eigenvalue weighted by atomic mass is 9.90. The molecule has 2 heteroatoms. The second-order valence-corrected chi connectivity index (χ2v) is 4.68. The molecule has 2 atom stereocenters. The lowest BCUT2D eigenvalue weighted by molar-refractivity contribution is -0.0144. The van der Waals surface area contributed by atoms with Crippen LogP contribution in [0.2, 0.25) is 0 Å². The molecule has 0 saturated heterocycles. The maximum atomic E-state index is 9.65. The average Bonchev–Trinajstić information content (AvgIpc) is 2.18. The molecule has 0 spiro atoms. The molecular weight excluding hydrogens is 188 g/mol. The van der Waals surface area contributed by atoms with Crippen molar-refractivity contribution >= 4 is 0 Å². The van der Waals surface area contributed by atoms with Gasteiger partial charge in [0.05, 0.1) is 5.60 Å². The average molecular weight is 212 g/mol. The second-order valence-electron chi connectivity index (χ2n) is 4.68. The van der Waals surface area contributed by atoms with Gasteiger partial charge in [-0.1, -0.05) is 19.3 Å². The van der Waals surface area contributed by atoms with Gasteiger partial charge < -0.3 is 9.84 Å². The van der Waals surface area contributed by atoms with Gasteiger partial charge in [-0.2, -0.15) is 0 Å². The topological polar surface area (TPSA) is 29.5 Å². The van der Waals surface area contributed by atoms with Crippen molar-refractivity contribution in [2.45, 2.75) is 64.1 Å². The van der Waals surface area contributed by atoms with E-state index in [1.165, 1.54) is 0 Å². The summed E-state index contributed by atoms with van der Waals surface area (Å²) in [6.45, 7) is 5.94. The maximum Gasteiger partial charge on any atom is 0.122 e. The minimum Gasteiger partial charge on any atom is -0.379 e. The van der Waals surface area contributed by atoms with Crippen LogP contribution in [-0.4, -0.2) is 23.4 Å². The SMILES string of the molecule is C#C[C@](C)(O)CCC[C@](C)(CCC)OC. The lowest BCUT2D eigenvalue weighted by Crippen LogP contribution is -2.28. The van der Waals surface area contributed by atoms with Crippen LogP contribution in [0.1, 0.15) is 52.9 Å². The van der Waals surface area contributed by atoms with Crippen LogP contribution in [0, 0.1) is 12.3 Å². The van der Waals surface area contributed by atoms with Crippen molar-refractivity contribution in [1.29, 1.82) is 0 Å².